The maximum atomic E-state index is 13.8. The minimum Gasteiger partial charge on any atom is -0.497 e. The van der Waals surface area contributed by atoms with E-state index in [-0.39, 0.29) is 5.91 Å². The third-order valence-electron chi connectivity index (χ3n) is 6.43. The number of carbonyl (C=O) groups excluding carboxylic acids is 1. The smallest absolute Gasteiger partial charge is 0.255 e. The molecule has 40 heavy (non-hydrogen) atoms. The van der Waals surface area contributed by atoms with Gasteiger partial charge in [-0.2, -0.15) is 4.98 Å². The molecule has 1 aliphatic heterocycles. The predicted molar refractivity (Wildman–Crippen MR) is 157 cm³/mol. The van der Waals surface area contributed by atoms with Crippen LogP contribution in [0.15, 0.2) is 83.2 Å². The number of nitrogens with zero attached hydrogens (tertiary/aromatic N) is 3. The van der Waals surface area contributed by atoms with Gasteiger partial charge >= 0.3 is 0 Å². The van der Waals surface area contributed by atoms with Crippen molar-refractivity contribution in [1.29, 1.82) is 0 Å². The lowest BCUT2D eigenvalue weighted by Crippen LogP contribution is -2.31. The maximum Gasteiger partial charge on any atom is 0.255 e. The van der Waals surface area contributed by atoms with Gasteiger partial charge in [0.25, 0.3) is 5.91 Å². The van der Waals surface area contributed by atoms with Crippen molar-refractivity contribution in [2.75, 3.05) is 32.0 Å². The Morgan fingerprint density at radius 3 is 2.45 bits per heavy atom. The number of ether oxygens (including phenoxy) is 3. The molecular weight excluding hydrogens is 550 g/mol. The van der Waals surface area contributed by atoms with Crippen LogP contribution < -0.4 is 24.8 Å². The summed E-state index contributed by atoms with van der Waals surface area (Å²) in [7, 11) is 4.75. The number of fused-ring (bicyclic) bond motifs is 1. The highest BCUT2D eigenvalue weighted by atomic mass is 35.5. The van der Waals surface area contributed by atoms with Gasteiger partial charge in [0, 0.05) is 27.7 Å². The van der Waals surface area contributed by atoms with Crippen LogP contribution in [0.4, 0.5) is 11.6 Å². The minimum atomic E-state index is -0.642. The van der Waals surface area contributed by atoms with Gasteiger partial charge in [0.2, 0.25) is 11.1 Å². The van der Waals surface area contributed by atoms with E-state index in [0.29, 0.717) is 61.6 Å². The molecule has 0 fully saturated rings. The number of rotatable bonds is 9. The van der Waals surface area contributed by atoms with Crippen molar-refractivity contribution in [3.63, 3.8) is 0 Å². The second-order valence-corrected chi connectivity index (χ2v) is 10.3. The summed E-state index contributed by atoms with van der Waals surface area (Å²) >= 11 is 7.52. The monoisotopic (exact) mass is 577 g/mol. The number of methoxy groups -OCH3 is 3. The first kappa shape index (κ1) is 27.4. The number of thioether (sulfide) groups is 1. The zero-order valence-corrected chi connectivity index (χ0v) is 24.0. The van der Waals surface area contributed by atoms with Crippen LogP contribution in [0.2, 0.25) is 5.02 Å². The van der Waals surface area contributed by atoms with Crippen LogP contribution in [0, 0.1) is 0 Å². The molecule has 1 amide bonds. The predicted octanol–water partition coefficient (Wildman–Crippen LogP) is 6.18. The first-order chi connectivity index (χ1) is 19.4. The molecule has 0 bridgehead atoms. The Balaban J connectivity index is 1.53. The third-order valence-corrected chi connectivity index (χ3v) is 7.60. The molecule has 9 nitrogen and oxygen atoms in total. The van der Waals surface area contributed by atoms with Crippen molar-refractivity contribution in [3.8, 4) is 17.2 Å². The first-order valence-electron chi connectivity index (χ1n) is 12.4. The van der Waals surface area contributed by atoms with Crippen molar-refractivity contribution < 1.29 is 19.0 Å². The van der Waals surface area contributed by atoms with Gasteiger partial charge in [0.15, 0.2) is 11.5 Å². The summed E-state index contributed by atoms with van der Waals surface area (Å²) in [6, 6.07) is 19.7. The average molecular weight is 578 g/mol. The number of hydrogen-bond donors (Lipinski definition) is 2. The fraction of sp³-hybridized carbons (Fsp3) is 0.207. The zero-order chi connectivity index (χ0) is 28.2. The minimum absolute atomic E-state index is 0.290. The summed E-state index contributed by atoms with van der Waals surface area (Å²) in [6.07, 6.45) is 0. The van der Waals surface area contributed by atoms with Crippen molar-refractivity contribution in [2.45, 2.75) is 23.9 Å². The SMILES string of the molecule is COc1ccc(NC(=O)C2=C(C)Nc3nc(SCc4ccc(Cl)cc4)nn3[C@@H]2c2cccc(OC)c2OC)cc1. The van der Waals surface area contributed by atoms with Crippen LogP contribution in [0.5, 0.6) is 17.2 Å². The number of anilines is 2. The first-order valence-corrected chi connectivity index (χ1v) is 13.8. The highest BCUT2D eigenvalue weighted by Gasteiger charge is 2.36. The molecule has 3 aromatic carbocycles. The van der Waals surface area contributed by atoms with Gasteiger partial charge < -0.3 is 24.8 Å². The summed E-state index contributed by atoms with van der Waals surface area (Å²) < 4.78 is 18.3. The Kier molecular flexibility index (Phi) is 8.18. The number of benzene rings is 3. The zero-order valence-electron chi connectivity index (χ0n) is 22.4. The number of para-hydroxylation sites is 1. The average Bonchev–Trinajstić information content (AvgIpc) is 3.38. The van der Waals surface area contributed by atoms with Gasteiger partial charge in [-0.25, -0.2) is 4.68 Å². The molecule has 1 aliphatic rings. The third kappa shape index (κ3) is 5.59. The second kappa shape index (κ2) is 11.9. The second-order valence-electron chi connectivity index (χ2n) is 8.91. The standard InChI is InChI=1S/C29H28ClN5O4S/c1-17-24(27(36)32-20-12-14-21(37-2)15-13-20)25(22-6-5-7-23(38-3)26(22)39-4)35-28(31-17)33-29(34-35)40-16-18-8-10-19(30)11-9-18/h5-15,25H,16H2,1-4H3,(H,32,36)(H,31,33,34)/t25-/m1/s1. The lowest BCUT2D eigenvalue weighted by Gasteiger charge is -2.29. The topological polar surface area (TPSA) is 99.5 Å². The molecule has 2 heterocycles. The molecule has 206 valence electrons. The van der Waals surface area contributed by atoms with Crippen molar-refractivity contribution in [1.82, 2.24) is 14.8 Å². The van der Waals surface area contributed by atoms with Crippen LogP contribution in [0.1, 0.15) is 24.1 Å². The lowest BCUT2D eigenvalue weighted by atomic mass is 9.94. The van der Waals surface area contributed by atoms with E-state index in [4.69, 9.17) is 35.9 Å². The van der Waals surface area contributed by atoms with E-state index in [0.717, 1.165) is 5.56 Å². The number of hydrogen-bond acceptors (Lipinski definition) is 8. The molecule has 0 aliphatic carbocycles. The highest BCUT2D eigenvalue weighted by molar-refractivity contribution is 7.98. The fourth-order valence-corrected chi connectivity index (χ4v) is 5.41. The number of nitrogens with one attached hydrogen (secondary N) is 2. The number of halogens is 1. The van der Waals surface area contributed by atoms with E-state index >= 15 is 0 Å². The summed E-state index contributed by atoms with van der Waals surface area (Å²) in [5.74, 6) is 2.64. The Bertz CT molecular complexity index is 1550. The molecule has 4 aromatic rings. The molecule has 0 saturated heterocycles. The van der Waals surface area contributed by atoms with Crippen LogP contribution in [0.25, 0.3) is 0 Å². The Morgan fingerprint density at radius 1 is 1.02 bits per heavy atom. The summed E-state index contributed by atoms with van der Waals surface area (Å²) in [5.41, 5.74) is 3.55. The molecule has 1 atom stereocenters. The van der Waals surface area contributed by atoms with E-state index in [2.05, 4.69) is 10.6 Å². The van der Waals surface area contributed by atoms with Crippen molar-refractivity contribution in [2.24, 2.45) is 0 Å². The van der Waals surface area contributed by atoms with Crippen LogP contribution >= 0.6 is 23.4 Å². The number of carbonyl (C=O) groups is 1. The van der Waals surface area contributed by atoms with Crippen LogP contribution in [-0.2, 0) is 10.5 Å². The number of amides is 1. The van der Waals surface area contributed by atoms with Gasteiger partial charge in [0.1, 0.15) is 11.8 Å². The molecule has 0 unspecified atom stereocenters. The summed E-state index contributed by atoms with van der Waals surface area (Å²) in [4.78, 5) is 18.6. The molecule has 0 spiro atoms. The van der Waals surface area contributed by atoms with E-state index in [1.54, 1.807) is 50.3 Å². The molecule has 11 heteroatoms. The van der Waals surface area contributed by atoms with E-state index in [1.807, 2.05) is 49.4 Å². The highest BCUT2D eigenvalue weighted by Crippen LogP contribution is 2.43. The van der Waals surface area contributed by atoms with Gasteiger partial charge in [-0.3, -0.25) is 4.79 Å². The van der Waals surface area contributed by atoms with Crippen molar-refractivity contribution in [3.05, 3.63) is 94.1 Å². The maximum absolute atomic E-state index is 13.8. The molecule has 2 N–H and O–H groups in total. The molecule has 5 rings (SSSR count). The number of aromatic nitrogens is 3. The molecule has 0 radical (unpaired) electrons. The lowest BCUT2D eigenvalue weighted by molar-refractivity contribution is -0.113. The molecular formula is C29H28ClN5O4S. The molecule has 1 aromatic heterocycles. The Labute approximate surface area is 241 Å². The van der Waals surface area contributed by atoms with Gasteiger partial charge in [-0.1, -0.05) is 47.6 Å². The fourth-order valence-electron chi connectivity index (χ4n) is 4.50. The Morgan fingerprint density at radius 2 is 1.77 bits per heavy atom. The number of allylic oxidation sites excluding steroid dienone is 1. The van der Waals surface area contributed by atoms with Gasteiger partial charge in [0.05, 0.1) is 26.9 Å². The van der Waals surface area contributed by atoms with Crippen LogP contribution in [-0.4, -0.2) is 42.0 Å². The van der Waals surface area contributed by atoms with Crippen LogP contribution in [0.3, 0.4) is 0 Å². The van der Waals surface area contributed by atoms with Gasteiger partial charge in [-0.15, -0.1) is 5.10 Å². The molecule has 0 saturated carbocycles. The quantitative estimate of drug-likeness (QED) is 0.228. The van der Waals surface area contributed by atoms with E-state index in [1.165, 1.54) is 11.8 Å². The van der Waals surface area contributed by atoms with E-state index < -0.39 is 6.04 Å². The van der Waals surface area contributed by atoms with Crippen molar-refractivity contribution >= 4 is 40.9 Å². The normalized spacial score (nSPS) is 14.3. The van der Waals surface area contributed by atoms with Gasteiger partial charge in [-0.05, 0) is 55.0 Å². The van der Waals surface area contributed by atoms with E-state index in [9.17, 15) is 4.79 Å². The largest absolute Gasteiger partial charge is 0.497 e. The summed E-state index contributed by atoms with van der Waals surface area (Å²) in [6.45, 7) is 1.85. The summed E-state index contributed by atoms with van der Waals surface area (Å²) in [5, 5.41) is 12.3. The Hall–Kier alpha value is -4.15.